The lowest BCUT2D eigenvalue weighted by Crippen LogP contribution is -2.32. The van der Waals surface area contributed by atoms with Crippen molar-refractivity contribution in [2.75, 3.05) is 31.7 Å². The summed E-state index contributed by atoms with van der Waals surface area (Å²) in [5, 5.41) is 0. The molecule has 2 N–H and O–H groups in total. The minimum absolute atomic E-state index is 0.197. The van der Waals surface area contributed by atoms with Crippen molar-refractivity contribution in [2.24, 2.45) is 11.7 Å². The van der Waals surface area contributed by atoms with E-state index in [9.17, 15) is 4.39 Å². The van der Waals surface area contributed by atoms with Crippen LogP contribution in [0.15, 0.2) is 12.1 Å². The molecule has 0 aliphatic carbocycles. The highest BCUT2D eigenvalue weighted by molar-refractivity contribution is 5.57. The van der Waals surface area contributed by atoms with Gasteiger partial charge in [0.25, 0.3) is 0 Å². The first-order valence-corrected chi connectivity index (χ1v) is 7.16. The molecule has 0 amide bonds. The Labute approximate surface area is 121 Å². The number of ether oxygens (including phenoxy) is 1. The van der Waals surface area contributed by atoms with Gasteiger partial charge in [0.05, 0.1) is 6.61 Å². The number of methoxy groups -OCH3 is 1. The zero-order valence-corrected chi connectivity index (χ0v) is 13.2. The van der Waals surface area contributed by atoms with Crippen LogP contribution in [0.1, 0.15) is 37.9 Å². The first kappa shape index (κ1) is 16.9. The molecule has 0 radical (unpaired) electrons. The Kier molecular flexibility index (Phi) is 6.43. The van der Waals surface area contributed by atoms with Gasteiger partial charge in [-0.3, -0.25) is 0 Å². The molecule has 3 nitrogen and oxygen atoms in total. The van der Waals surface area contributed by atoms with Crippen molar-refractivity contribution in [1.82, 2.24) is 0 Å². The van der Waals surface area contributed by atoms with E-state index in [-0.39, 0.29) is 11.9 Å². The Balaban J connectivity index is 3.18. The summed E-state index contributed by atoms with van der Waals surface area (Å²) in [4.78, 5) is 2.24. The van der Waals surface area contributed by atoms with Crippen molar-refractivity contribution in [2.45, 2.75) is 33.7 Å². The van der Waals surface area contributed by atoms with Crippen LogP contribution in [0.3, 0.4) is 0 Å². The first-order chi connectivity index (χ1) is 9.36. The smallest absolute Gasteiger partial charge is 0.126 e. The Morgan fingerprint density at radius 2 is 1.95 bits per heavy atom. The molecule has 114 valence electrons. The second-order valence-corrected chi connectivity index (χ2v) is 5.78. The number of hydrogen-bond donors (Lipinski definition) is 1. The Hall–Kier alpha value is -1.13. The van der Waals surface area contributed by atoms with Gasteiger partial charge in [-0.25, -0.2) is 4.39 Å². The molecule has 1 atom stereocenters. The third-order valence-corrected chi connectivity index (χ3v) is 3.29. The topological polar surface area (TPSA) is 38.5 Å². The number of anilines is 1. The predicted octanol–water partition coefficient (Wildman–Crippen LogP) is 3.26. The summed E-state index contributed by atoms with van der Waals surface area (Å²) in [6.45, 7) is 10.3. The van der Waals surface area contributed by atoms with Gasteiger partial charge in [-0.05, 0) is 43.0 Å². The molecular weight excluding hydrogens is 255 g/mol. The van der Waals surface area contributed by atoms with E-state index in [4.69, 9.17) is 10.5 Å². The van der Waals surface area contributed by atoms with E-state index in [0.29, 0.717) is 18.1 Å². The highest BCUT2D eigenvalue weighted by Crippen LogP contribution is 2.29. The van der Waals surface area contributed by atoms with Crippen LogP contribution in [0.25, 0.3) is 0 Å². The van der Waals surface area contributed by atoms with Crippen LogP contribution >= 0.6 is 0 Å². The monoisotopic (exact) mass is 282 g/mol. The van der Waals surface area contributed by atoms with Crippen LogP contribution in [0.4, 0.5) is 10.1 Å². The Morgan fingerprint density at radius 1 is 1.30 bits per heavy atom. The van der Waals surface area contributed by atoms with Crippen molar-refractivity contribution in [3.05, 3.63) is 29.1 Å². The van der Waals surface area contributed by atoms with Gasteiger partial charge in [-0.15, -0.1) is 0 Å². The molecule has 0 spiro atoms. The standard InChI is InChI=1S/C16H27FN2O/c1-11(2)10-19(6-7-20-5)16-8-12(3)15(17)9-14(16)13(4)18/h8-9,11,13H,6-7,10,18H2,1-5H3/t13-/m1/s1. The molecule has 20 heavy (non-hydrogen) atoms. The summed E-state index contributed by atoms with van der Waals surface area (Å²) >= 11 is 0. The summed E-state index contributed by atoms with van der Waals surface area (Å²) in [5.74, 6) is 0.315. The van der Waals surface area contributed by atoms with Gasteiger partial charge in [-0.1, -0.05) is 13.8 Å². The molecule has 1 rings (SSSR count). The lowest BCUT2D eigenvalue weighted by Gasteiger charge is -2.30. The number of nitrogens with two attached hydrogens (primary N) is 1. The normalized spacial score (nSPS) is 12.8. The largest absolute Gasteiger partial charge is 0.383 e. The molecule has 4 heteroatoms. The third kappa shape index (κ3) is 4.46. The van der Waals surface area contributed by atoms with Crippen molar-refractivity contribution < 1.29 is 9.13 Å². The van der Waals surface area contributed by atoms with E-state index in [1.54, 1.807) is 20.1 Å². The fraction of sp³-hybridized carbons (Fsp3) is 0.625. The maximum absolute atomic E-state index is 13.8. The van der Waals surface area contributed by atoms with Crippen molar-refractivity contribution >= 4 is 5.69 Å². The lowest BCUT2D eigenvalue weighted by atomic mass is 10.0. The molecule has 0 aliphatic heterocycles. The van der Waals surface area contributed by atoms with Crippen molar-refractivity contribution in [1.29, 1.82) is 0 Å². The van der Waals surface area contributed by atoms with Crippen LogP contribution in [-0.2, 0) is 4.74 Å². The SMILES string of the molecule is COCCN(CC(C)C)c1cc(C)c(F)cc1[C@@H](C)N. The van der Waals surface area contributed by atoms with Crippen molar-refractivity contribution in [3.8, 4) is 0 Å². The zero-order valence-electron chi connectivity index (χ0n) is 13.2. The molecule has 0 saturated heterocycles. The van der Waals surface area contributed by atoms with E-state index < -0.39 is 0 Å². The minimum atomic E-state index is -0.197. The van der Waals surface area contributed by atoms with Crippen LogP contribution in [0.2, 0.25) is 0 Å². The van der Waals surface area contributed by atoms with E-state index >= 15 is 0 Å². The van der Waals surface area contributed by atoms with Crippen LogP contribution in [-0.4, -0.2) is 26.8 Å². The molecule has 0 unspecified atom stereocenters. The number of aryl methyl sites for hydroxylation is 1. The fourth-order valence-electron chi connectivity index (χ4n) is 2.27. The first-order valence-electron chi connectivity index (χ1n) is 7.16. The average Bonchev–Trinajstić information content (AvgIpc) is 2.36. The molecule has 1 aromatic rings. The van der Waals surface area contributed by atoms with Gasteiger partial charge in [0.15, 0.2) is 0 Å². The van der Waals surface area contributed by atoms with Gasteiger partial charge in [0, 0.05) is 31.9 Å². The van der Waals surface area contributed by atoms with Gasteiger partial charge in [0.1, 0.15) is 5.82 Å². The lowest BCUT2D eigenvalue weighted by molar-refractivity contribution is 0.204. The van der Waals surface area contributed by atoms with Crippen LogP contribution < -0.4 is 10.6 Å². The number of hydrogen-bond acceptors (Lipinski definition) is 3. The summed E-state index contributed by atoms with van der Waals surface area (Å²) in [5.41, 5.74) is 8.52. The highest BCUT2D eigenvalue weighted by atomic mass is 19.1. The van der Waals surface area contributed by atoms with Gasteiger partial charge >= 0.3 is 0 Å². The summed E-state index contributed by atoms with van der Waals surface area (Å²) in [6.07, 6.45) is 0. The van der Waals surface area contributed by atoms with E-state index in [2.05, 4.69) is 18.7 Å². The van der Waals surface area contributed by atoms with Crippen LogP contribution in [0, 0.1) is 18.7 Å². The Bertz CT molecular complexity index is 433. The van der Waals surface area contributed by atoms with Gasteiger partial charge < -0.3 is 15.4 Å². The quantitative estimate of drug-likeness (QED) is 0.834. The molecule has 0 heterocycles. The summed E-state index contributed by atoms with van der Waals surface area (Å²) in [6, 6.07) is 3.26. The fourth-order valence-corrected chi connectivity index (χ4v) is 2.27. The van der Waals surface area contributed by atoms with Gasteiger partial charge in [0.2, 0.25) is 0 Å². The Morgan fingerprint density at radius 3 is 2.45 bits per heavy atom. The number of halogens is 1. The molecule has 0 bridgehead atoms. The third-order valence-electron chi connectivity index (χ3n) is 3.29. The highest BCUT2D eigenvalue weighted by Gasteiger charge is 2.17. The molecule has 0 aromatic heterocycles. The van der Waals surface area contributed by atoms with Crippen molar-refractivity contribution in [3.63, 3.8) is 0 Å². The minimum Gasteiger partial charge on any atom is -0.383 e. The van der Waals surface area contributed by atoms with Gasteiger partial charge in [-0.2, -0.15) is 0 Å². The molecule has 0 aliphatic rings. The van der Waals surface area contributed by atoms with Crippen LogP contribution in [0.5, 0.6) is 0 Å². The molecule has 0 saturated carbocycles. The second kappa shape index (κ2) is 7.60. The van der Waals surface area contributed by atoms with E-state index in [1.807, 2.05) is 13.0 Å². The number of benzene rings is 1. The number of rotatable bonds is 7. The summed E-state index contributed by atoms with van der Waals surface area (Å²) < 4.78 is 19.0. The zero-order chi connectivity index (χ0) is 15.3. The molecule has 0 fully saturated rings. The maximum Gasteiger partial charge on any atom is 0.126 e. The second-order valence-electron chi connectivity index (χ2n) is 5.78. The predicted molar refractivity (Wildman–Crippen MR) is 82.7 cm³/mol. The average molecular weight is 282 g/mol. The maximum atomic E-state index is 13.8. The molecule has 1 aromatic carbocycles. The number of nitrogens with zero attached hydrogens (tertiary/aromatic N) is 1. The summed E-state index contributed by atoms with van der Waals surface area (Å²) in [7, 11) is 1.69. The van der Waals surface area contributed by atoms with E-state index in [0.717, 1.165) is 24.3 Å². The molecular formula is C16H27FN2O. The van der Waals surface area contributed by atoms with E-state index in [1.165, 1.54) is 0 Å².